The molecule has 2 heterocycles. The molecule has 0 unspecified atom stereocenters. The van der Waals surface area contributed by atoms with E-state index in [2.05, 4.69) is 15.1 Å². The third kappa shape index (κ3) is 5.10. The molecule has 0 spiro atoms. The molecule has 2 aliphatic rings. The molecule has 0 saturated heterocycles. The van der Waals surface area contributed by atoms with Gasteiger partial charge in [0.05, 0.1) is 5.71 Å². The molecule has 0 atom stereocenters. The van der Waals surface area contributed by atoms with Gasteiger partial charge in [0.25, 0.3) is 5.56 Å². The summed E-state index contributed by atoms with van der Waals surface area (Å²) in [4.78, 5) is 36.4. The molecule has 0 aliphatic heterocycles. The van der Waals surface area contributed by atoms with Gasteiger partial charge in [-0.2, -0.15) is 4.98 Å². The van der Waals surface area contributed by atoms with Crippen LogP contribution in [-0.4, -0.2) is 21.3 Å². The van der Waals surface area contributed by atoms with Gasteiger partial charge in [-0.3, -0.25) is 9.78 Å². The first-order valence-electron chi connectivity index (χ1n) is 10.4. The minimum Gasteiger partial charge on any atom is -0.403 e. The van der Waals surface area contributed by atoms with Crippen molar-refractivity contribution >= 4 is 16.8 Å². The quantitative estimate of drug-likeness (QED) is 0.556. The number of H-pyrrole nitrogens is 1. The molecule has 2 saturated carbocycles. The maximum Gasteiger partial charge on any atom is 0.337 e. The monoisotopic (exact) mass is 403 g/mol. The van der Waals surface area contributed by atoms with E-state index >= 15 is 0 Å². The van der Waals surface area contributed by atoms with E-state index in [4.69, 9.17) is 9.25 Å². The number of rotatable bonds is 7. The van der Waals surface area contributed by atoms with Crippen molar-refractivity contribution in [2.75, 3.05) is 0 Å². The van der Waals surface area contributed by atoms with Crippen molar-refractivity contribution in [1.29, 1.82) is 0 Å². The molecule has 0 radical (unpaired) electrons. The van der Waals surface area contributed by atoms with Crippen LogP contribution in [0.3, 0.4) is 0 Å². The summed E-state index contributed by atoms with van der Waals surface area (Å²) in [6.45, 7) is 1.58. The third-order valence-electron chi connectivity index (χ3n) is 5.81. The first kappa shape index (κ1) is 19.8. The highest BCUT2D eigenvalue weighted by Gasteiger charge is 2.29. The fraction of sp³-hybridized carbons (Fsp3) is 0.619. The van der Waals surface area contributed by atoms with Crippen molar-refractivity contribution in [3.8, 4) is 6.01 Å². The van der Waals surface area contributed by atoms with Gasteiger partial charge in [0.15, 0.2) is 0 Å². The number of oxime groups is 1. The summed E-state index contributed by atoms with van der Waals surface area (Å²) in [7, 11) is 0. The normalized spacial score (nSPS) is 22.1. The molecule has 2 aromatic heterocycles. The summed E-state index contributed by atoms with van der Waals surface area (Å²) >= 11 is 0. The molecule has 156 valence electrons. The van der Waals surface area contributed by atoms with Gasteiger partial charge in [-0.25, -0.2) is 9.18 Å². The third-order valence-corrected chi connectivity index (χ3v) is 5.81. The van der Waals surface area contributed by atoms with Crippen LogP contribution in [0.5, 0.6) is 6.01 Å². The predicted octanol–water partition coefficient (Wildman–Crippen LogP) is 4.04. The van der Waals surface area contributed by atoms with Crippen molar-refractivity contribution in [2.45, 2.75) is 76.8 Å². The van der Waals surface area contributed by atoms with Crippen molar-refractivity contribution in [1.82, 2.24) is 9.97 Å². The molecule has 8 heteroatoms. The molecule has 2 aliphatic carbocycles. The number of hydrogen-bond acceptors (Lipinski definition) is 6. The lowest BCUT2D eigenvalue weighted by Crippen LogP contribution is -2.26. The minimum absolute atomic E-state index is 0.0476. The highest BCUT2D eigenvalue weighted by atomic mass is 19.1. The highest BCUT2D eigenvalue weighted by molar-refractivity contribution is 5.85. The first-order chi connectivity index (χ1) is 13.9. The summed E-state index contributed by atoms with van der Waals surface area (Å²) < 4.78 is 19.0. The van der Waals surface area contributed by atoms with Crippen LogP contribution in [0.2, 0.25) is 0 Å². The maximum absolute atomic E-state index is 13.9. The number of alkyl halides is 1. The fourth-order valence-corrected chi connectivity index (χ4v) is 3.78. The lowest BCUT2D eigenvalue weighted by molar-refractivity contribution is 0.156. The minimum atomic E-state index is -1.17. The van der Waals surface area contributed by atoms with Crippen molar-refractivity contribution in [3.63, 3.8) is 0 Å². The van der Waals surface area contributed by atoms with Crippen molar-refractivity contribution < 1.29 is 13.6 Å². The molecule has 29 heavy (non-hydrogen) atoms. The van der Waals surface area contributed by atoms with Crippen LogP contribution in [0.25, 0.3) is 11.1 Å². The Morgan fingerprint density at radius 2 is 2.07 bits per heavy atom. The second kappa shape index (κ2) is 8.08. The summed E-state index contributed by atoms with van der Waals surface area (Å²) in [5.74, 6) is 0.863. The summed E-state index contributed by atoms with van der Waals surface area (Å²) in [6.07, 6.45) is 8.21. The molecule has 4 rings (SSSR count). The number of fused-ring (bicyclic) bond motifs is 1. The van der Waals surface area contributed by atoms with E-state index in [1.165, 1.54) is 25.3 Å². The van der Waals surface area contributed by atoms with Gasteiger partial charge in [0.2, 0.25) is 5.71 Å². The number of aryl methyl sites for hydroxylation is 1. The summed E-state index contributed by atoms with van der Waals surface area (Å²) in [5, 5.41) is 4.27. The van der Waals surface area contributed by atoms with E-state index in [9.17, 15) is 14.0 Å². The number of aromatic nitrogens is 2. The second-order valence-electron chi connectivity index (χ2n) is 8.49. The zero-order chi connectivity index (χ0) is 20.4. The Balaban J connectivity index is 1.50. The van der Waals surface area contributed by atoms with Crippen molar-refractivity contribution in [3.05, 3.63) is 32.4 Å². The van der Waals surface area contributed by atoms with Gasteiger partial charge in [-0.1, -0.05) is 30.8 Å². The zero-order valence-corrected chi connectivity index (χ0v) is 16.6. The molecular weight excluding hydrogens is 377 g/mol. The lowest BCUT2D eigenvalue weighted by atomic mass is 9.87. The topological polar surface area (TPSA) is 97.5 Å². The van der Waals surface area contributed by atoms with E-state index in [0.717, 1.165) is 18.8 Å². The molecule has 2 fully saturated rings. The number of unbranched alkanes of at least 4 members (excludes halogenated alkanes) is 1. The highest BCUT2D eigenvalue weighted by Crippen LogP contribution is 2.34. The van der Waals surface area contributed by atoms with Crippen molar-refractivity contribution in [2.24, 2.45) is 11.1 Å². The Kier molecular flexibility index (Phi) is 5.52. The summed E-state index contributed by atoms with van der Waals surface area (Å²) in [5.41, 5.74) is -0.825. The standard InChI is InChI=1S/C21H26FN3O4/c1-21(22)10-8-15(9-11-21)25-29-20-23-18(27)17-14(5-3-2-4-13-6-7-13)12-16(26)28-19(17)24-20/h12-13H,2-11H2,1H3,(H,23,24,27). The van der Waals surface area contributed by atoms with Gasteiger partial charge >= 0.3 is 11.6 Å². The van der Waals surface area contributed by atoms with Crippen LogP contribution in [0, 0.1) is 5.92 Å². The predicted molar refractivity (Wildman–Crippen MR) is 107 cm³/mol. The zero-order valence-electron chi connectivity index (χ0n) is 16.6. The van der Waals surface area contributed by atoms with Crippen LogP contribution >= 0.6 is 0 Å². The number of halogens is 1. The summed E-state index contributed by atoms with van der Waals surface area (Å²) in [6, 6.07) is 1.23. The molecule has 0 bridgehead atoms. The largest absolute Gasteiger partial charge is 0.403 e. The first-order valence-corrected chi connectivity index (χ1v) is 10.4. The maximum atomic E-state index is 13.9. The Morgan fingerprint density at radius 1 is 1.31 bits per heavy atom. The van der Waals surface area contributed by atoms with E-state index in [1.54, 1.807) is 6.92 Å². The Morgan fingerprint density at radius 3 is 2.79 bits per heavy atom. The Labute approximate surface area is 167 Å². The van der Waals surface area contributed by atoms with Crippen LogP contribution in [0.4, 0.5) is 4.39 Å². The molecule has 1 N–H and O–H groups in total. The van der Waals surface area contributed by atoms with Crippen LogP contribution < -0.4 is 16.0 Å². The number of nitrogens with zero attached hydrogens (tertiary/aromatic N) is 2. The van der Waals surface area contributed by atoms with Gasteiger partial charge < -0.3 is 9.25 Å². The molecule has 0 aromatic carbocycles. The fourth-order valence-electron chi connectivity index (χ4n) is 3.78. The number of hydrogen-bond donors (Lipinski definition) is 1. The van der Waals surface area contributed by atoms with Gasteiger partial charge in [-0.15, -0.1) is 0 Å². The molecule has 0 amide bonds. The van der Waals surface area contributed by atoms with Crippen LogP contribution in [-0.2, 0) is 6.42 Å². The van der Waals surface area contributed by atoms with Crippen LogP contribution in [0.15, 0.2) is 25.2 Å². The average Bonchev–Trinajstić information content (AvgIpc) is 3.48. The van der Waals surface area contributed by atoms with E-state index in [1.807, 2.05) is 0 Å². The molecule has 2 aromatic rings. The average molecular weight is 403 g/mol. The smallest absolute Gasteiger partial charge is 0.337 e. The molecular formula is C21H26FN3O4. The number of aromatic amines is 1. The van der Waals surface area contributed by atoms with E-state index in [0.29, 0.717) is 43.4 Å². The van der Waals surface area contributed by atoms with Gasteiger partial charge in [-0.05, 0) is 56.9 Å². The van der Waals surface area contributed by atoms with Crippen LogP contribution in [0.1, 0.15) is 70.3 Å². The Hall–Kier alpha value is -2.51. The van der Waals surface area contributed by atoms with Gasteiger partial charge in [0, 0.05) is 6.07 Å². The number of nitrogens with one attached hydrogen (secondary N) is 1. The molecule has 7 nitrogen and oxygen atoms in total. The lowest BCUT2D eigenvalue weighted by Gasteiger charge is -2.25. The SMILES string of the molecule is CC1(F)CCC(=NOc2nc3oc(=O)cc(CCCCC4CC4)c3c(=O)[nH]2)CC1. The Bertz CT molecular complexity index is 1020. The van der Waals surface area contributed by atoms with E-state index < -0.39 is 16.9 Å². The second-order valence-corrected chi connectivity index (χ2v) is 8.49. The van der Waals surface area contributed by atoms with E-state index in [-0.39, 0.29) is 17.1 Å². The van der Waals surface area contributed by atoms with Gasteiger partial charge in [0.1, 0.15) is 11.1 Å².